The minimum Gasteiger partial charge on any atom is -0.379 e. The Morgan fingerprint density at radius 3 is 2.82 bits per heavy atom. The molecule has 2 nitrogen and oxygen atoms in total. The molecule has 2 aliphatic rings. The Labute approximate surface area is 105 Å². The van der Waals surface area contributed by atoms with Gasteiger partial charge >= 0.3 is 0 Å². The molecule has 4 heteroatoms. The quantitative estimate of drug-likeness (QED) is 0.876. The highest BCUT2D eigenvalue weighted by Gasteiger charge is 2.49. The first-order valence-corrected chi connectivity index (χ1v) is 6.34. The molecule has 1 aromatic rings. The van der Waals surface area contributed by atoms with Crippen LogP contribution in [-0.2, 0) is 10.2 Å². The second-order valence-electron chi connectivity index (χ2n) is 4.96. The molecule has 0 radical (unpaired) electrons. The average molecular weight is 256 g/mol. The smallest absolute Gasteiger partial charge is 0.127 e. The second-order valence-corrected chi connectivity index (χ2v) is 5.40. The van der Waals surface area contributed by atoms with Crippen molar-refractivity contribution in [1.29, 1.82) is 0 Å². The maximum atomic E-state index is 14.0. The van der Waals surface area contributed by atoms with E-state index < -0.39 is 0 Å². The summed E-state index contributed by atoms with van der Waals surface area (Å²) in [5.74, 6) is 0.286. The summed E-state index contributed by atoms with van der Waals surface area (Å²) in [6.07, 6.45) is 1.08. The first kappa shape index (κ1) is 11.5. The van der Waals surface area contributed by atoms with E-state index >= 15 is 0 Å². The maximum Gasteiger partial charge on any atom is 0.127 e. The molecule has 92 valence electrons. The summed E-state index contributed by atoms with van der Waals surface area (Å²) in [6.45, 7) is 3.16. The SMILES string of the molecule is Fc1ccc(Cl)cc1C1(C2CCNC2)COC1. The van der Waals surface area contributed by atoms with E-state index in [0.29, 0.717) is 24.2 Å². The highest BCUT2D eigenvalue weighted by molar-refractivity contribution is 6.30. The van der Waals surface area contributed by atoms with Gasteiger partial charge in [-0.3, -0.25) is 0 Å². The normalized spacial score (nSPS) is 26.8. The third kappa shape index (κ3) is 1.77. The molecule has 2 aliphatic heterocycles. The maximum absolute atomic E-state index is 14.0. The molecule has 0 saturated carbocycles. The molecule has 2 saturated heterocycles. The Balaban J connectivity index is 2.01. The molecule has 0 bridgehead atoms. The molecule has 0 spiro atoms. The van der Waals surface area contributed by atoms with Gasteiger partial charge in [0.05, 0.1) is 13.2 Å². The number of ether oxygens (including phenoxy) is 1. The van der Waals surface area contributed by atoms with E-state index in [-0.39, 0.29) is 11.2 Å². The number of benzene rings is 1. The van der Waals surface area contributed by atoms with E-state index in [1.54, 1.807) is 12.1 Å². The molecular weight excluding hydrogens is 241 g/mol. The van der Waals surface area contributed by atoms with Crippen LogP contribution >= 0.6 is 11.6 Å². The minimum atomic E-state index is -0.168. The standard InChI is InChI=1S/C13H15ClFNO/c14-10-1-2-12(15)11(5-10)13(7-17-8-13)9-3-4-16-6-9/h1-2,5,9,16H,3-4,6-8H2. The van der Waals surface area contributed by atoms with Crippen molar-refractivity contribution in [2.24, 2.45) is 5.92 Å². The highest BCUT2D eigenvalue weighted by atomic mass is 35.5. The van der Waals surface area contributed by atoms with Crippen LogP contribution in [0.4, 0.5) is 4.39 Å². The van der Waals surface area contributed by atoms with E-state index in [9.17, 15) is 4.39 Å². The lowest BCUT2D eigenvalue weighted by Gasteiger charge is -2.46. The predicted molar refractivity (Wildman–Crippen MR) is 64.9 cm³/mol. The summed E-state index contributed by atoms with van der Waals surface area (Å²) in [5.41, 5.74) is 0.559. The van der Waals surface area contributed by atoms with Gasteiger partial charge < -0.3 is 10.1 Å². The third-order valence-corrected chi connectivity index (χ3v) is 4.26. The Kier molecular flexibility index (Phi) is 2.85. The summed E-state index contributed by atoms with van der Waals surface area (Å²) < 4.78 is 19.4. The largest absolute Gasteiger partial charge is 0.379 e. The number of rotatable bonds is 2. The lowest BCUT2D eigenvalue weighted by atomic mass is 9.68. The first-order chi connectivity index (χ1) is 8.22. The highest BCUT2D eigenvalue weighted by Crippen LogP contribution is 2.43. The summed E-state index contributed by atoms with van der Waals surface area (Å²) in [5, 5.41) is 3.94. The molecule has 1 atom stereocenters. The van der Waals surface area contributed by atoms with Gasteiger partial charge in [-0.1, -0.05) is 11.6 Å². The van der Waals surface area contributed by atoms with E-state index in [1.807, 2.05) is 0 Å². The van der Waals surface area contributed by atoms with Gasteiger partial charge in [-0.05, 0) is 43.6 Å². The predicted octanol–water partition coefficient (Wildman–Crippen LogP) is 2.36. The monoisotopic (exact) mass is 255 g/mol. The van der Waals surface area contributed by atoms with E-state index in [0.717, 1.165) is 25.1 Å². The summed E-state index contributed by atoms with van der Waals surface area (Å²) in [4.78, 5) is 0. The van der Waals surface area contributed by atoms with Crippen molar-refractivity contribution in [3.8, 4) is 0 Å². The summed E-state index contributed by atoms with van der Waals surface area (Å²) >= 11 is 5.99. The van der Waals surface area contributed by atoms with Crippen molar-refractivity contribution in [3.05, 3.63) is 34.6 Å². The van der Waals surface area contributed by atoms with Crippen molar-refractivity contribution in [1.82, 2.24) is 5.32 Å². The lowest BCUT2D eigenvalue weighted by molar-refractivity contribution is -0.0885. The van der Waals surface area contributed by atoms with E-state index in [4.69, 9.17) is 16.3 Å². The molecule has 1 unspecified atom stereocenters. The van der Waals surface area contributed by atoms with Gasteiger partial charge in [-0.2, -0.15) is 0 Å². The van der Waals surface area contributed by atoms with Crippen molar-refractivity contribution in [3.63, 3.8) is 0 Å². The van der Waals surface area contributed by atoms with Crippen LogP contribution in [0.5, 0.6) is 0 Å². The fourth-order valence-electron chi connectivity index (χ4n) is 2.94. The average Bonchev–Trinajstić information content (AvgIpc) is 2.75. The lowest BCUT2D eigenvalue weighted by Crippen LogP contribution is -2.53. The van der Waals surface area contributed by atoms with Gasteiger partial charge in [0.15, 0.2) is 0 Å². The molecule has 1 aromatic carbocycles. The van der Waals surface area contributed by atoms with Crippen LogP contribution in [0, 0.1) is 11.7 Å². The molecule has 17 heavy (non-hydrogen) atoms. The molecule has 2 heterocycles. The third-order valence-electron chi connectivity index (χ3n) is 4.03. The zero-order valence-electron chi connectivity index (χ0n) is 9.51. The van der Waals surface area contributed by atoms with Crippen LogP contribution in [0.3, 0.4) is 0 Å². The van der Waals surface area contributed by atoms with E-state index in [2.05, 4.69) is 5.32 Å². The molecular formula is C13H15ClFNO. The van der Waals surface area contributed by atoms with Crippen molar-refractivity contribution < 1.29 is 9.13 Å². The number of hydrogen-bond acceptors (Lipinski definition) is 2. The van der Waals surface area contributed by atoms with Gasteiger partial charge in [-0.15, -0.1) is 0 Å². The van der Waals surface area contributed by atoms with Crippen molar-refractivity contribution in [2.75, 3.05) is 26.3 Å². The number of halogens is 2. The Hall–Kier alpha value is -0.640. The molecule has 0 amide bonds. The van der Waals surface area contributed by atoms with Crippen LogP contribution < -0.4 is 5.32 Å². The van der Waals surface area contributed by atoms with Gasteiger partial charge in [0.25, 0.3) is 0 Å². The Morgan fingerprint density at radius 2 is 2.24 bits per heavy atom. The Morgan fingerprint density at radius 1 is 1.41 bits per heavy atom. The van der Waals surface area contributed by atoms with Crippen LogP contribution in [-0.4, -0.2) is 26.3 Å². The van der Waals surface area contributed by atoms with Crippen molar-refractivity contribution >= 4 is 11.6 Å². The minimum absolute atomic E-state index is 0.162. The zero-order chi connectivity index (χ0) is 11.9. The first-order valence-electron chi connectivity index (χ1n) is 5.96. The molecule has 2 fully saturated rings. The second kappa shape index (κ2) is 4.23. The van der Waals surface area contributed by atoms with Gasteiger partial charge in [-0.25, -0.2) is 4.39 Å². The fraction of sp³-hybridized carbons (Fsp3) is 0.538. The molecule has 3 rings (SSSR count). The molecule has 0 aromatic heterocycles. The van der Waals surface area contributed by atoms with Crippen molar-refractivity contribution in [2.45, 2.75) is 11.8 Å². The Bertz CT molecular complexity index is 427. The summed E-state index contributed by atoms with van der Waals surface area (Å²) in [6, 6.07) is 4.82. The van der Waals surface area contributed by atoms with Gasteiger partial charge in [0.2, 0.25) is 0 Å². The summed E-state index contributed by atoms with van der Waals surface area (Å²) in [7, 11) is 0. The fourth-order valence-corrected chi connectivity index (χ4v) is 3.11. The zero-order valence-corrected chi connectivity index (χ0v) is 10.3. The van der Waals surface area contributed by atoms with Crippen LogP contribution in [0.15, 0.2) is 18.2 Å². The van der Waals surface area contributed by atoms with Crippen LogP contribution in [0.2, 0.25) is 5.02 Å². The molecule has 0 aliphatic carbocycles. The van der Waals surface area contributed by atoms with Crippen LogP contribution in [0.1, 0.15) is 12.0 Å². The number of nitrogens with one attached hydrogen (secondary N) is 1. The van der Waals surface area contributed by atoms with Gasteiger partial charge in [0, 0.05) is 16.0 Å². The van der Waals surface area contributed by atoms with Crippen LogP contribution in [0.25, 0.3) is 0 Å². The molecule has 1 N–H and O–H groups in total. The van der Waals surface area contributed by atoms with Gasteiger partial charge in [0.1, 0.15) is 5.82 Å². The van der Waals surface area contributed by atoms with E-state index in [1.165, 1.54) is 6.07 Å². The topological polar surface area (TPSA) is 21.3 Å². The number of hydrogen-bond donors (Lipinski definition) is 1.